The van der Waals surface area contributed by atoms with Crippen LogP contribution in [-0.2, 0) is 13.2 Å². The molecule has 0 unspecified atom stereocenters. The fourth-order valence-electron chi connectivity index (χ4n) is 2.21. The van der Waals surface area contributed by atoms with Crippen molar-refractivity contribution in [3.05, 3.63) is 63.1 Å². The number of nitrogens with two attached hydrogens (primary N) is 1. The van der Waals surface area contributed by atoms with Crippen molar-refractivity contribution in [2.45, 2.75) is 20.1 Å². The second-order valence-electron chi connectivity index (χ2n) is 5.43. The standard InChI is InChI=1S/C16H16Cl2N6O/c1-10-2-4-11(5-3-10)9-25-15-12(6-13(17)7-14(15)18)8-20-24-16(19)21-22-23-24/h2-7,20H,8-9H2,1H3,(H2,19,21,23). The largest absolute Gasteiger partial charge is 0.487 e. The summed E-state index contributed by atoms with van der Waals surface area (Å²) in [5.41, 5.74) is 11.6. The number of hydrogen-bond donors (Lipinski definition) is 2. The highest BCUT2D eigenvalue weighted by Crippen LogP contribution is 2.33. The summed E-state index contributed by atoms with van der Waals surface area (Å²) in [6.45, 7) is 2.76. The first-order valence-electron chi connectivity index (χ1n) is 7.47. The first-order valence-corrected chi connectivity index (χ1v) is 8.22. The second kappa shape index (κ2) is 7.58. The van der Waals surface area contributed by atoms with Crippen LogP contribution in [0.3, 0.4) is 0 Å². The Bertz CT molecular complexity index is 866. The van der Waals surface area contributed by atoms with Gasteiger partial charge in [-0.25, -0.2) is 0 Å². The lowest BCUT2D eigenvalue weighted by Gasteiger charge is -2.15. The van der Waals surface area contributed by atoms with Crippen LogP contribution in [0.2, 0.25) is 10.0 Å². The lowest BCUT2D eigenvalue weighted by Crippen LogP contribution is -2.19. The van der Waals surface area contributed by atoms with Crippen LogP contribution in [0.25, 0.3) is 0 Å². The van der Waals surface area contributed by atoms with Crippen LogP contribution in [0.4, 0.5) is 5.95 Å². The Morgan fingerprint density at radius 3 is 2.64 bits per heavy atom. The second-order valence-corrected chi connectivity index (χ2v) is 6.28. The number of hydrogen-bond acceptors (Lipinski definition) is 6. The molecule has 0 radical (unpaired) electrons. The van der Waals surface area contributed by atoms with Gasteiger partial charge in [-0.1, -0.05) is 58.1 Å². The number of nitrogens with zero attached hydrogens (tertiary/aromatic N) is 4. The van der Waals surface area contributed by atoms with Crippen molar-refractivity contribution in [3.63, 3.8) is 0 Å². The Morgan fingerprint density at radius 2 is 1.96 bits per heavy atom. The van der Waals surface area contributed by atoms with E-state index in [4.69, 9.17) is 33.7 Å². The average molecular weight is 379 g/mol. The lowest BCUT2D eigenvalue weighted by molar-refractivity contribution is 0.303. The van der Waals surface area contributed by atoms with E-state index in [9.17, 15) is 0 Å². The average Bonchev–Trinajstić information content (AvgIpc) is 2.98. The van der Waals surface area contributed by atoms with Crippen LogP contribution in [0.5, 0.6) is 5.75 Å². The van der Waals surface area contributed by atoms with Gasteiger partial charge in [-0.2, -0.15) is 0 Å². The van der Waals surface area contributed by atoms with Gasteiger partial charge in [0.05, 0.1) is 11.6 Å². The van der Waals surface area contributed by atoms with Crippen LogP contribution in [0, 0.1) is 6.92 Å². The van der Waals surface area contributed by atoms with Crippen LogP contribution in [0.15, 0.2) is 36.4 Å². The molecule has 0 saturated heterocycles. The monoisotopic (exact) mass is 378 g/mol. The molecule has 130 valence electrons. The molecule has 3 aromatic rings. The molecule has 3 N–H and O–H groups in total. The molecule has 7 nitrogen and oxygen atoms in total. The smallest absolute Gasteiger partial charge is 0.260 e. The number of nitrogens with one attached hydrogen (secondary N) is 1. The number of halogens is 2. The Kier molecular flexibility index (Phi) is 5.25. The Hall–Kier alpha value is -2.51. The van der Waals surface area contributed by atoms with E-state index >= 15 is 0 Å². The number of rotatable bonds is 6. The molecule has 3 rings (SSSR count). The minimum Gasteiger partial charge on any atom is -0.487 e. The van der Waals surface area contributed by atoms with Crippen molar-refractivity contribution >= 4 is 29.2 Å². The molecule has 1 heterocycles. The van der Waals surface area contributed by atoms with Gasteiger partial charge in [-0.05, 0) is 35.0 Å². The summed E-state index contributed by atoms with van der Waals surface area (Å²) in [6.07, 6.45) is 0. The molecule has 0 amide bonds. The van der Waals surface area contributed by atoms with E-state index in [1.165, 1.54) is 10.4 Å². The Labute approximate surface area is 154 Å². The first kappa shape index (κ1) is 17.3. The predicted octanol–water partition coefficient (Wildman–Crippen LogP) is 3.19. The van der Waals surface area contributed by atoms with E-state index < -0.39 is 0 Å². The number of nitrogen functional groups attached to an aromatic ring is 1. The third-order valence-corrected chi connectivity index (χ3v) is 4.00. The van der Waals surface area contributed by atoms with Gasteiger partial charge in [-0.15, -0.1) is 4.79 Å². The highest BCUT2D eigenvalue weighted by atomic mass is 35.5. The summed E-state index contributed by atoms with van der Waals surface area (Å²) in [5.74, 6) is 0.695. The van der Waals surface area contributed by atoms with Crippen molar-refractivity contribution in [2.24, 2.45) is 0 Å². The lowest BCUT2D eigenvalue weighted by atomic mass is 10.1. The Morgan fingerprint density at radius 1 is 1.20 bits per heavy atom. The highest BCUT2D eigenvalue weighted by molar-refractivity contribution is 6.35. The van der Waals surface area contributed by atoms with E-state index in [1.54, 1.807) is 12.1 Å². The molecule has 0 spiro atoms. The van der Waals surface area contributed by atoms with E-state index in [0.717, 1.165) is 11.1 Å². The normalized spacial score (nSPS) is 10.7. The number of aryl methyl sites for hydroxylation is 1. The maximum atomic E-state index is 6.31. The van der Waals surface area contributed by atoms with Gasteiger partial charge in [0.25, 0.3) is 5.95 Å². The minimum absolute atomic E-state index is 0.148. The molecule has 0 aliphatic rings. The summed E-state index contributed by atoms with van der Waals surface area (Å²) in [4.78, 5) is 1.26. The van der Waals surface area contributed by atoms with Crippen molar-refractivity contribution in [1.82, 2.24) is 20.3 Å². The summed E-state index contributed by atoms with van der Waals surface area (Å²) in [5, 5.41) is 11.7. The zero-order valence-corrected chi connectivity index (χ0v) is 14.9. The fraction of sp³-hybridized carbons (Fsp3) is 0.188. The molecular weight excluding hydrogens is 363 g/mol. The van der Waals surface area contributed by atoms with E-state index in [1.807, 2.05) is 31.2 Å². The highest BCUT2D eigenvalue weighted by Gasteiger charge is 2.12. The molecule has 0 aliphatic carbocycles. The maximum absolute atomic E-state index is 6.31. The summed E-state index contributed by atoms with van der Waals surface area (Å²) in [6, 6.07) is 11.5. The minimum atomic E-state index is 0.148. The zero-order chi connectivity index (χ0) is 17.8. The summed E-state index contributed by atoms with van der Waals surface area (Å²) >= 11 is 12.4. The molecule has 0 atom stereocenters. The van der Waals surface area contributed by atoms with Crippen LogP contribution >= 0.6 is 23.2 Å². The van der Waals surface area contributed by atoms with Crippen LogP contribution in [-0.4, -0.2) is 20.3 Å². The van der Waals surface area contributed by atoms with E-state index in [-0.39, 0.29) is 5.95 Å². The van der Waals surface area contributed by atoms with Gasteiger partial charge in [0.2, 0.25) is 0 Å². The molecule has 0 bridgehead atoms. The third kappa shape index (κ3) is 4.32. The van der Waals surface area contributed by atoms with Crippen molar-refractivity contribution in [2.75, 3.05) is 11.2 Å². The van der Waals surface area contributed by atoms with Gasteiger partial charge >= 0.3 is 0 Å². The van der Waals surface area contributed by atoms with Gasteiger partial charge in [0.1, 0.15) is 12.4 Å². The van der Waals surface area contributed by atoms with Crippen LogP contribution < -0.4 is 15.9 Å². The summed E-state index contributed by atoms with van der Waals surface area (Å²) < 4.78 is 5.93. The van der Waals surface area contributed by atoms with Crippen molar-refractivity contribution in [3.8, 4) is 5.75 Å². The van der Waals surface area contributed by atoms with Crippen molar-refractivity contribution in [1.29, 1.82) is 0 Å². The van der Waals surface area contributed by atoms with Gasteiger partial charge in [0, 0.05) is 10.6 Å². The number of anilines is 1. The molecule has 2 aromatic carbocycles. The molecule has 0 saturated carbocycles. The topological polar surface area (TPSA) is 90.9 Å². The van der Waals surface area contributed by atoms with E-state index in [0.29, 0.717) is 28.9 Å². The van der Waals surface area contributed by atoms with Gasteiger partial charge < -0.3 is 15.9 Å². The molecule has 0 fully saturated rings. The maximum Gasteiger partial charge on any atom is 0.260 e. The number of ether oxygens (including phenoxy) is 1. The summed E-state index contributed by atoms with van der Waals surface area (Å²) in [7, 11) is 0. The molecule has 25 heavy (non-hydrogen) atoms. The quantitative estimate of drug-likeness (QED) is 0.684. The van der Waals surface area contributed by atoms with Gasteiger partial charge in [0.15, 0.2) is 0 Å². The molecular formula is C16H16Cl2N6O. The molecule has 0 aliphatic heterocycles. The van der Waals surface area contributed by atoms with Gasteiger partial charge in [-0.3, -0.25) is 0 Å². The zero-order valence-electron chi connectivity index (χ0n) is 13.4. The molecule has 9 heteroatoms. The van der Waals surface area contributed by atoms with Crippen molar-refractivity contribution < 1.29 is 4.74 Å². The number of aromatic nitrogens is 4. The molecule has 1 aromatic heterocycles. The van der Waals surface area contributed by atoms with Crippen LogP contribution in [0.1, 0.15) is 16.7 Å². The number of benzene rings is 2. The first-order chi connectivity index (χ1) is 12.0. The number of tetrazole rings is 1. The SMILES string of the molecule is Cc1ccc(COc2c(Cl)cc(Cl)cc2CNn2nnnc2N)cc1. The third-order valence-electron chi connectivity index (χ3n) is 3.50. The Balaban J connectivity index is 1.77. The van der Waals surface area contributed by atoms with E-state index in [2.05, 4.69) is 21.0 Å². The fourth-order valence-corrected chi connectivity index (χ4v) is 2.80. The predicted molar refractivity (Wildman–Crippen MR) is 97.3 cm³/mol.